The molecule has 0 aliphatic carbocycles. The normalized spacial score (nSPS) is 10.5. The zero-order valence-corrected chi connectivity index (χ0v) is 8.43. The molecule has 0 atom stereocenters. The van der Waals surface area contributed by atoms with Crippen molar-refractivity contribution in [3.8, 4) is 0 Å². The largest absolute Gasteiger partial charge is 0.469 e. The second kappa shape index (κ2) is 4.69. The lowest BCUT2D eigenvalue weighted by Gasteiger charge is -2.21. The van der Waals surface area contributed by atoms with Crippen molar-refractivity contribution >= 4 is 12.0 Å². The Balaban J connectivity index is 4.03. The first-order chi connectivity index (χ1) is 5.94. The third-order valence-corrected chi connectivity index (χ3v) is 1.66. The van der Waals surface area contributed by atoms with E-state index in [0.29, 0.717) is 0 Å². The lowest BCUT2D eigenvalue weighted by molar-refractivity contribution is -0.150. The SMILES string of the molecule is CNC(=O)NCC(C)(C)C(=O)OC. The van der Waals surface area contributed by atoms with Crippen LogP contribution < -0.4 is 10.6 Å². The zero-order chi connectivity index (χ0) is 10.5. The van der Waals surface area contributed by atoms with Crippen molar-refractivity contribution in [3.63, 3.8) is 0 Å². The number of carbonyl (C=O) groups excluding carboxylic acids is 2. The molecule has 2 N–H and O–H groups in total. The molecule has 0 aromatic heterocycles. The molecule has 5 heteroatoms. The molecule has 0 rings (SSSR count). The number of nitrogens with one attached hydrogen (secondary N) is 2. The quantitative estimate of drug-likeness (QED) is 0.618. The van der Waals surface area contributed by atoms with E-state index in [1.54, 1.807) is 13.8 Å². The molecule has 0 heterocycles. The van der Waals surface area contributed by atoms with Crippen LogP contribution >= 0.6 is 0 Å². The van der Waals surface area contributed by atoms with Gasteiger partial charge in [0.05, 0.1) is 12.5 Å². The Bertz CT molecular complexity index is 202. The van der Waals surface area contributed by atoms with E-state index in [0.717, 1.165) is 0 Å². The predicted molar refractivity (Wildman–Crippen MR) is 48.3 cm³/mol. The van der Waals surface area contributed by atoms with Crippen LogP contribution in [0.1, 0.15) is 13.8 Å². The Morgan fingerprint density at radius 1 is 1.38 bits per heavy atom. The number of methoxy groups -OCH3 is 1. The summed E-state index contributed by atoms with van der Waals surface area (Å²) in [5, 5.41) is 4.93. The minimum Gasteiger partial charge on any atom is -0.469 e. The third-order valence-electron chi connectivity index (χ3n) is 1.66. The zero-order valence-electron chi connectivity index (χ0n) is 8.43. The Hall–Kier alpha value is -1.26. The molecular weight excluding hydrogens is 172 g/mol. The number of esters is 1. The lowest BCUT2D eigenvalue weighted by atomic mass is 9.94. The summed E-state index contributed by atoms with van der Waals surface area (Å²) in [6.45, 7) is 3.66. The summed E-state index contributed by atoms with van der Waals surface area (Å²) in [7, 11) is 2.84. The van der Waals surface area contributed by atoms with Gasteiger partial charge in [-0.25, -0.2) is 4.79 Å². The van der Waals surface area contributed by atoms with Gasteiger partial charge in [0.25, 0.3) is 0 Å². The second-order valence-corrected chi connectivity index (χ2v) is 3.31. The highest BCUT2D eigenvalue weighted by atomic mass is 16.5. The number of hydrogen-bond acceptors (Lipinski definition) is 3. The fraction of sp³-hybridized carbons (Fsp3) is 0.750. The average Bonchev–Trinajstić information content (AvgIpc) is 2.12. The Morgan fingerprint density at radius 3 is 2.31 bits per heavy atom. The predicted octanol–water partition coefficient (Wildman–Crippen LogP) is 0.115. The molecule has 0 aliphatic heterocycles. The van der Waals surface area contributed by atoms with E-state index >= 15 is 0 Å². The van der Waals surface area contributed by atoms with Gasteiger partial charge >= 0.3 is 12.0 Å². The average molecular weight is 188 g/mol. The van der Waals surface area contributed by atoms with E-state index in [1.165, 1.54) is 14.2 Å². The number of carbonyl (C=O) groups is 2. The highest BCUT2D eigenvalue weighted by Gasteiger charge is 2.28. The molecule has 0 radical (unpaired) electrons. The van der Waals surface area contributed by atoms with E-state index in [2.05, 4.69) is 15.4 Å². The fourth-order valence-electron chi connectivity index (χ4n) is 0.738. The van der Waals surface area contributed by atoms with Crippen molar-refractivity contribution in [2.24, 2.45) is 5.41 Å². The first kappa shape index (κ1) is 11.7. The molecule has 0 aromatic carbocycles. The standard InChI is InChI=1S/C8H16N2O3/c1-8(2,6(11)13-4)5-10-7(12)9-3/h5H2,1-4H3,(H2,9,10,12). The van der Waals surface area contributed by atoms with Gasteiger partial charge in [-0.05, 0) is 13.8 Å². The summed E-state index contributed by atoms with van der Waals surface area (Å²) in [6, 6.07) is -0.308. The van der Waals surface area contributed by atoms with Crippen LogP contribution in [0.5, 0.6) is 0 Å². The van der Waals surface area contributed by atoms with Gasteiger partial charge in [-0.15, -0.1) is 0 Å². The topological polar surface area (TPSA) is 67.4 Å². The van der Waals surface area contributed by atoms with E-state index in [9.17, 15) is 9.59 Å². The molecule has 0 spiro atoms. The van der Waals surface area contributed by atoms with Gasteiger partial charge in [0, 0.05) is 13.6 Å². The highest BCUT2D eigenvalue weighted by Crippen LogP contribution is 2.14. The van der Waals surface area contributed by atoms with Crippen molar-refractivity contribution in [3.05, 3.63) is 0 Å². The Morgan fingerprint density at radius 2 is 1.92 bits per heavy atom. The lowest BCUT2D eigenvalue weighted by Crippen LogP contribution is -2.42. The molecule has 0 unspecified atom stereocenters. The van der Waals surface area contributed by atoms with Crippen LogP contribution in [0.3, 0.4) is 0 Å². The summed E-state index contributed by atoms with van der Waals surface area (Å²) in [4.78, 5) is 21.9. The minimum atomic E-state index is -0.693. The fourth-order valence-corrected chi connectivity index (χ4v) is 0.738. The van der Waals surface area contributed by atoms with Gasteiger partial charge in [0.2, 0.25) is 0 Å². The van der Waals surface area contributed by atoms with Crippen LogP contribution in [0.2, 0.25) is 0 Å². The Kier molecular flexibility index (Phi) is 4.23. The third kappa shape index (κ3) is 3.78. The van der Waals surface area contributed by atoms with Crippen molar-refractivity contribution in [1.82, 2.24) is 10.6 Å². The molecule has 0 aliphatic rings. The summed E-state index contributed by atoms with van der Waals surface area (Å²) >= 11 is 0. The Labute approximate surface area is 77.8 Å². The van der Waals surface area contributed by atoms with Gasteiger partial charge in [0.15, 0.2) is 0 Å². The second-order valence-electron chi connectivity index (χ2n) is 3.31. The summed E-state index contributed by atoms with van der Waals surface area (Å²) < 4.78 is 4.57. The van der Waals surface area contributed by atoms with Gasteiger partial charge in [-0.1, -0.05) is 0 Å². The minimum absolute atomic E-state index is 0.249. The van der Waals surface area contributed by atoms with Crippen molar-refractivity contribution in [2.75, 3.05) is 20.7 Å². The van der Waals surface area contributed by atoms with Crippen LogP contribution in [0, 0.1) is 5.41 Å². The highest BCUT2D eigenvalue weighted by molar-refractivity contribution is 5.78. The van der Waals surface area contributed by atoms with Crippen molar-refractivity contribution < 1.29 is 14.3 Å². The van der Waals surface area contributed by atoms with E-state index < -0.39 is 5.41 Å². The first-order valence-corrected chi connectivity index (χ1v) is 3.98. The van der Waals surface area contributed by atoms with Gasteiger partial charge < -0.3 is 15.4 Å². The number of rotatable bonds is 3. The molecule has 0 saturated carbocycles. The number of urea groups is 1. The molecule has 0 saturated heterocycles. The van der Waals surface area contributed by atoms with Gasteiger partial charge in [0.1, 0.15) is 0 Å². The maximum Gasteiger partial charge on any atom is 0.314 e. The molecule has 0 fully saturated rings. The van der Waals surface area contributed by atoms with Crippen LogP contribution in [-0.4, -0.2) is 32.7 Å². The maximum absolute atomic E-state index is 11.1. The molecular formula is C8H16N2O3. The first-order valence-electron chi connectivity index (χ1n) is 3.98. The molecule has 0 aromatic rings. The molecule has 76 valence electrons. The van der Waals surface area contributed by atoms with Crippen LogP contribution in [-0.2, 0) is 9.53 Å². The van der Waals surface area contributed by atoms with Crippen molar-refractivity contribution in [2.45, 2.75) is 13.8 Å². The number of ether oxygens (including phenoxy) is 1. The maximum atomic E-state index is 11.1. The van der Waals surface area contributed by atoms with Gasteiger partial charge in [-0.3, -0.25) is 4.79 Å². The van der Waals surface area contributed by atoms with Gasteiger partial charge in [-0.2, -0.15) is 0 Å². The molecule has 13 heavy (non-hydrogen) atoms. The molecule has 2 amide bonds. The van der Waals surface area contributed by atoms with Crippen LogP contribution in [0.25, 0.3) is 0 Å². The smallest absolute Gasteiger partial charge is 0.314 e. The monoisotopic (exact) mass is 188 g/mol. The summed E-state index contributed by atoms with van der Waals surface area (Å²) in [6.07, 6.45) is 0. The van der Waals surface area contributed by atoms with Crippen LogP contribution in [0.4, 0.5) is 4.79 Å². The molecule has 5 nitrogen and oxygen atoms in total. The number of amides is 2. The van der Waals surface area contributed by atoms with E-state index in [-0.39, 0.29) is 18.5 Å². The summed E-state index contributed by atoms with van der Waals surface area (Å²) in [5.41, 5.74) is -0.693. The molecule has 0 bridgehead atoms. The summed E-state index contributed by atoms with van der Waals surface area (Å²) in [5.74, 6) is -0.344. The van der Waals surface area contributed by atoms with Crippen molar-refractivity contribution in [1.29, 1.82) is 0 Å². The van der Waals surface area contributed by atoms with E-state index in [1.807, 2.05) is 0 Å². The number of hydrogen-bond donors (Lipinski definition) is 2. The van der Waals surface area contributed by atoms with E-state index in [4.69, 9.17) is 0 Å². The van der Waals surface area contributed by atoms with Crippen LogP contribution in [0.15, 0.2) is 0 Å².